The van der Waals surface area contributed by atoms with Crippen LogP contribution in [0, 0.1) is 6.92 Å². The Morgan fingerprint density at radius 2 is 1.88 bits per heavy atom. The fourth-order valence-electron chi connectivity index (χ4n) is 3.98. The summed E-state index contributed by atoms with van der Waals surface area (Å²) in [4.78, 5) is 14.9. The highest BCUT2D eigenvalue weighted by Crippen LogP contribution is 2.42. The van der Waals surface area contributed by atoms with Crippen molar-refractivity contribution in [3.8, 4) is 11.5 Å². The number of rotatable bonds is 9. The molecule has 0 radical (unpaired) electrons. The number of aryl methyl sites for hydroxylation is 1. The topological polar surface area (TPSA) is 61.1 Å². The predicted molar refractivity (Wildman–Crippen MR) is 125 cm³/mol. The maximum atomic E-state index is 12.6. The molecule has 0 amide bonds. The highest BCUT2D eigenvalue weighted by atomic mass is 16.5. The lowest BCUT2D eigenvalue weighted by Gasteiger charge is -2.26. The number of carbonyl (C=O) groups is 1. The number of hydrogen-bond acceptors (Lipinski definition) is 6. The summed E-state index contributed by atoms with van der Waals surface area (Å²) in [6.45, 7) is 8.23. The molecule has 32 heavy (non-hydrogen) atoms. The van der Waals surface area contributed by atoms with Crippen LogP contribution in [0.25, 0.3) is 17.0 Å². The highest BCUT2D eigenvalue weighted by Gasteiger charge is 2.25. The smallest absolute Gasteiger partial charge is 0.205 e. The van der Waals surface area contributed by atoms with Gasteiger partial charge in [-0.15, -0.1) is 0 Å². The lowest BCUT2D eigenvalue weighted by molar-refractivity contribution is 0.0320. The highest BCUT2D eigenvalue weighted by molar-refractivity contribution is 6.05. The molecule has 0 N–H and O–H groups in total. The average Bonchev–Trinajstić information content (AvgIpc) is 3.30. The van der Waals surface area contributed by atoms with Crippen molar-refractivity contribution < 1.29 is 23.4 Å². The van der Waals surface area contributed by atoms with Crippen LogP contribution < -0.4 is 9.47 Å². The van der Waals surface area contributed by atoms with Crippen molar-refractivity contribution in [1.82, 2.24) is 4.90 Å². The maximum Gasteiger partial charge on any atom is 0.205 e. The second-order valence-corrected chi connectivity index (χ2v) is 7.80. The molecule has 2 heterocycles. The van der Waals surface area contributed by atoms with Crippen LogP contribution in [-0.4, -0.2) is 56.7 Å². The van der Waals surface area contributed by atoms with Crippen molar-refractivity contribution in [2.45, 2.75) is 13.8 Å². The van der Waals surface area contributed by atoms with Crippen LogP contribution >= 0.6 is 0 Å². The molecule has 0 unspecified atom stereocenters. The fourth-order valence-corrected chi connectivity index (χ4v) is 3.98. The Balaban J connectivity index is 1.58. The van der Waals surface area contributed by atoms with Gasteiger partial charge in [0.05, 0.1) is 25.0 Å². The molecule has 6 heteroatoms. The van der Waals surface area contributed by atoms with Crippen LogP contribution in [0.1, 0.15) is 28.4 Å². The van der Waals surface area contributed by atoms with Gasteiger partial charge in [0, 0.05) is 25.0 Å². The van der Waals surface area contributed by atoms with E-state index in [9.17, 15) is 4.79 Å². The molecule has 1 saturated heterocycles. The van der Waals surface area contributed by atoms with E-state index in [2.05, 4.69) is 4.90 Å². The minimum atomic E-state index is -0.0587. The van der Waals surface area contributed by atoms with Crippen LogP contribution in [0.5, 0.6) is 11.5 Å². The quantitative estimate of drug-likeness (QED) is 0.452. The van der Waals surface area contributed by atoms with Gasteiger partial charge in [-0.05, 0) is 37.1 Å². The molecule has 1 fully saturated rings. The first-order valence-electron chi connectivity index (χ1n) is 11.0. The first-order chi connectivity index (χ1) is 15.6. The van der Waals surface area contributed by atoms with E-state index in [-0.39, 0.29) is 5.78 Å². The number of furan rings is 1. The molecule has 6 nitrogen and oxygen atoms in total. The molecular formula is C26H29NO5. The molecule has 1 aliphatic heterocycles. The number of morpholine rings is 1. The number of benzene rings is 2. The SMILES string of the molecule is CC(=O)c1c(OCCN2CCOCC2)c(OC/C=C\c2ccccc2)c2occc2c1C. The zero-order chi connectivity index (χ0) is 22.3. The summed E-state index contributed by atoms with van der Waals surface area (Å²) in [5.74, 6) is 0.871. The minimum absolute atomic E-state index is 0.0587. The van der Waals surface area contributed by atoms with Gasteiger partial charge in [-0.3, -0.25) is 9.69 Å². The van der Waals surface area contributed by atoms with E-state index in [1.807, 2.05) is 55.5 Å². The average molecular weight is 436 g/mol. The van der Waals surface area contributed by atoms with Crippen LogP contribution in [0.15, 0.2) is 53.2 Å². The monoisotopic (exact) mass is 435 g/mol. The molecule has 0 saturated carbocycles. The zero-order valence-corrected chi connectivity index (χ0v) is 18.6. The van der Waals surface area contributed by atoms with Crippen molar-refractivity contribution in [3.05, 3.63) is 65.4 Å². The summed E-state index contributed by atoms with van der Waals surface area (Å²) in [5, 5.41) is 0.859. The van der Waals surface area contributed by atoms with E-state index in [1.54, 1.807) is 13.2 Å². The first-order valence-corrected chi connectivity index (χ1v) is 11.0. The molecule has 0 bridgehead atoms. The van der Waals surface area contributed by atoms with Gasteiger partial charge in [0.15, 0.2) is 17.1 Å². The third-order valence-corrected chi connectivity index (χ3v) is 5.63. The third-order valence-electron chi connectivity index (χ3n) is 5.63. The van der Waals surface area contributed by atoms with Crippen LogP contribution in [0.2, 0.25) is 0 Å². The Labute approximate surface area is 188 Å². The van der Waals surface area contributed by atoms with E-state index < -0.39 is 0 Å². The van der Waals surface area contributed by atoms with Crippen LogP contribution in [0.4, 0.5) is 0 Å². The van der Waals surface area contributed by atoms with Crippen molar-refractivity contribution >= 4 is 22.8 Å². The summed E-state index contributed by atoms with van der Waals surface area (Å²) < 4.78 is 23.5. The fraction of sp³-hybridized carbons (Fsp3) is 0.346. The molecule has 1 aliphatic rings. The number of hydrogen-bond donors (Lipinski definition) is 0. The van der Waals surface area contributed by atoms with Gasteiger partial charge in [0.2, 0.25) is 5.75 Å². The second-order valence-electron chi connectivity index (χ2n) is 7.80. The Hall–Kier alpha value is -3.09. The van der Waals surface area contributed by atoms with E-state index in [4.69, 9.17) is 18.6 Å². The van der Waals surface area contributed by atoms with Gasteiger partial charge in [0.25, 0.3) is 0 Å². The number of nitrogens with zero attached hydrogens (tertiary/aromatic N) is 1. The molecule has 2 aromatic carbocycles. The standard InChI is InChI=1S/C26H29NO5/c1-19-22-10-15-31-24(22)26(30-14-6-9-21-7-4-3-5-8-21)25(23(19)20(2)28)32-18-13-27-11-16-29-17-12-27/h3-10,15H,11-14,16-18H2,1-2H3/b9-6-. The number of fused-ring (bicyclic) bond motifs is 1. The van der Waals surface area contributed by atoms with E-state index in [0.717, 1.165) is 49.4 Å². The lowest BCUT2D eigenvalue weighted by atomic mass is 9.99. The minimum Gasteiger partial charge on any atom is -0.487 e. The molecule has 0 aliphatic carbocycles. The maximum absolute atomic E-state index is 12.6. The molecule has 3 aromatic rings. The summed E-state index contributed by atoms with van der Waals surface area (Å²) in [7, 11) is 0. The van der Waals surface area contributed by atoms with E-state index in [1.165, 1.54) is 0 Å². The van der Waals surface area contributed by atoms with Crippen LogP contribution in [0.3, 0.4) is 0 Å². The number of ketones is 1. The summed E-state index contributed by atoms with van der Waals surface area (Å²) >= 11 is 0. The normalized spacial score (nSPS) is 14.8. The molecule has 1 aromatic heterocycles. The molecule has 0 atom stereocenters. The van der Waals surface area contributed by atoms with Gasteiger partial charge in [-0.25, -0.2) is 0 Å². The summed E-state index contributed by atoms with van der Waals surface area (Å²) in [5.41, 5.74) is 3.08. The third kappa shape index (κ3) is 5.03. The Morgan fingerprint density at radius 3 is 2.62 bits per heavy atom. The van der Waals surface area contributed by atoms with Gasteiger partial charge in [0.1, 0.15) is 13.2 Å². The molecule has 0 spiro atoms. The van der Waals surface area contributed by atoms with E-state index >= 15 is 0 Å². The zero-order valence-electron chi connectivity index (χ0n) is 18.6. The Bertz CT molecular complexity index is 1080. The van der Waals surface area contributed by atoms with Crippen molar-refractivity contribution in [3.63, 3.8) is 0 Å². The second kappa shape index (κ2) is 10.5. The summed E-state index contributed by atoms with van der Waals surface area (Å²) in [6, 6.07) is 11.9. The predicted octanol–water partition coefficient (Wildman–Crippen LogP) is 4.75. The van der Waals surface area contributed by atoms with Crippen molar-refractivity contribution in [2.75, 3.05) is 46.1 Å². The molecule has 4 rings (SSSR count). The van der Waals surface area contributed by atoms with E-state index in [0.29, 0.717) is 35.9 Å². The van der Waals surface area contributed by atoms with Crippen molar-refractivity contribution in [1.29, 1.82) is 0 Å². The largest absolute Gasteiger partial charge is 0.487 e. The van der Waals surface area contributed by atoms with Gasteiger partial charge < -0.3 is 18.6 Å². The Morgan fingerprint density at radius 1 is 1.09 bits per heavy atom. The first kappa shape index (κ1) is 22.1. The lowest BCUT2D eigenvalue weighted by Crippen LogP contribution is -2.38. The molecule has 168 valence electrons. The number of Topliss-reactive ketones (excluding diaryl/α,β-unsaturated/α-hetero) is 1. The van der Waals surface area contributed by atoms with Crippen molar-refractivity contribution in [2.24, 2.45) is 0 Å². The molecular weight excluding hydrogens is 406 g/mol. The van der Waals surface area contributed by atoms with Gasteiger partial charge in [-0.2, -0.15) is 0 Å². The number of ether oxygens (including phenoxy) is 3. The van der Waals surface area contributed by atoms with Gasteiger partial charge in [-0.1, -0.05) is 36.4 Å². The van der Waals surface area contributed by atoms with Crippen LogP contribution in [-0.2, 0) is 4.74 Å². The van der Waals surface area contributed by atoms with Gasteiger partial charge >= 0.3 is 0 Å². The number of carbonyl (C=O) groups excluding carboxylic acids is 1. The Kier molecular flexibility index (Phi) is 7.24. The summed E-state index contributed by atoms with van der Waals surface area (Å²) in [6.07, 6.45) is 5.55.